The van der Waals surface area contributed by atoms with Gasteiger partial charge >= 0.3 is 5.97 Å². The van der Waals surface area contributed by atoms with Gasteiger partial charge in [-0.1, -0.05) is 0 Å². The minimum atomic E-state index is -0.300. The highest BCUT2D eigenvalue weighted by Gasteiger charge is 2.15. The van der Waals surface area contributed by atoms with Crippen molar-refractivity contribution in [2.75, 3.05) is 47.1 Å². The summed E-state index contributed by atoms with van der Waals surface area (Å²) in [4.78, 5) is 25.5. The van der Waals surface area contributed by atoms with Gasteiger partial charge in [0.25, 0.3) is 0 Å². The van der Waals surface area contributed by atoms with Gasteiger partial charge in [0.1, 0.15) is 11.5 Å². The van der Waals surface area contributed by atoms with Crippen molar-refractivity contribution in [2.24, 2.45) is 0 Å². The van der Waals surface area contributed by atoms with E-state index < -0.39 is 0 Å². The lowest BCUT2D eigenvalue weighted by atomic mass is 10.2. The molecule has 0 spiro atoms. The first-order chi connectivity index (χ1) is 12.6. The zero-order valence-electron chi connectivity index (χ0n) is 15.9. The Morgan fingerprint density at radius 3 is 2.27 bits per heavy atom. The maximum Gasteiger partial charge on any atom is 0.307 e. The van der Waals surface area contributed by atoms with E-state index in [2.05, 4.69) is 0 Å². The average molecular weight is 367 g/mol. The Bertz CT molecular complexity index is 531. The molecular weight excluding hydrogens is 338 g/mol. The van der Waals surface area contributed by atoms with Crippen molar-refractivity contribution in [3.8, 4) is 11.5 Å². The standard InChI is InChI=1S/C19H29NO6/c1-4-25-19(22)11-12-20(13-15-23-2)18(21)6-5-14-26-17-9-7-16(24-3)8-10-17/h7-10H,4-6,11-15H2,1-3H3. The van der Waals surface area contributed by atoms with E-state index >= 15 is 0 Å². The number of rotatable bonds is 13. The minimum absolute atomic E-state index is 0.0234. The Labute approximate surface area is 155 Å². The van der Waals surface area contributed by atoms with Crippen LogP contribution in [0.2, 0.25) is 0 Å². The van der Waals surface area contributed by atoms with Gasteiger partial charge in [-0.2, -0.15) is 0 Å². The molecule has 146 valence electrons. The average Bonchev–Trinajstić information content (AvgIpc) is 2.65. The van der Waals surface area contributed by atoms with Crippen LogP contribution in [0.25, 0.3) is 0 Å². The van der Waals surface area contributed by atoms with Crippen LogP contribution in [0.3, 0.4) is 0 Å². The lowest BCUT2D eigenvalue weighted by molar-refractivity contribution is -0.144. The van der Waals surface area contributed by atoms with Gasteiger partial charge in [-0.3, -0.25) is 9.59 Å². The summed E-state index contributed by atoms with van der Waals surface area (Å²) in [7, 11) is 3.19. The van der Waals surface area contributed by atoms with Crippen molar-refractivity contribution in [1.82, 2.24) is 4.90 Å². The quantitative estimate of drug-likeness (QED) is 0.393. The predicted molar refractivity (Wildman–Crippen MR) is 97.4 cm³/mol. The van der Waals surface area contributed by atoms with Gasteiger partial charge in [-0.05, 0) is 37.6 Å². The Balaban J connectivity index is 2.35. The van der Waals surface area contributed by atoms with Crippen LogP contribution in [-0.2, 0) is 19.1 Å². The maximum atomic E-state index is 12.4. The van der Waals surface area contributed by atoms with E-state index in [1.54, 1.807) is 26.0 Å². The van der Waals surface area contributed by atoms with E-state index in [0.717, 1.165) is 11.5 Å². The number of hydrogen-bond donors (Lipinski definition) is 0. The van der Waals surface area contributed by atoms with Crippen LogP contribution in [0.1, 0.15) is 26.2 Å². The third kappa shape index (κ3) is 8.71. The summed E-state index contributed by atoms with van der Waals surface area (Å²) in [6, 6.07) is 7.29. The van der Waals surface area contributed by atoms with Crippen molar-refractivity contribution >= 4 is 11.9 Å². The molecule has 0 radical (unpaired) electrons. The fourth-order valence-electron chi connectivity index (χ4n) is 2.27. The van der Waals surface area contributed by atoms with Crippen LogP contribution in [-0.4, -0.2) is 63.9 Å². The number of carbonyl (C=O) groups is 2. The Kier molecular flexibility index (Phi) is 10.9. The molecule has 0 bridgehead atoms. The number of carbonyl (C=O) groups excluding carboxylic acids is 2. The Hall–Kier alpha value is -2.28. The molecular formula is C19H29NO6. The topological polar surface area (TPSA) is 74.3 Å². The summed E-state index contributed by atoms with van der Waals surface area (Å²) in [5, 5.41) is 0. The van der Waals surface area contributed by atoms with E-state index in [1.807, 2.05) is 24.3 Å². The van der Waals surface area contributed by atoms with Crippen molar-refractivity contribution in [3.05, 3.63) is 24.3 Å². The van der Waals surface area contributed by atoms with E-state index in [4.69, 9.17) is 18.9 Å². The van der Waals surface area contributed by atoms with Gasteiger partial charge in [0.15, 0.2) is 0 Å². The van der Waals surface area contributed by atoms with E-state index in [0.29, 0.717) is 45.8 Å². The fourth-order valence-corrected chi connectivity index (χ4v) is 2.27. The number of methoxy groups -OCH3 is 2. The minimum Gasteiger partial charge on any atom is -0.497 e. The summed E-state index contributed by atoms with van der Waals surface area (Å²) < 4.78 is 20.7. The molecule has 0 saturated heterocycles. The van der Waals surface area contributed by atoms with Crippen molar-refractivity contribution in [3.63, 3.8) is 0 Å². The highest BCUT2D eigenvalue weighted by molar-refractivity contribution is 5.77. The van der Waals surface area contributed by atoms with Crippen LogP contribution >= 0.6 is 0 Å². The number of ether oxygens (including phenoxy) is 4. The summed E-state index contributed by atoms with van der Waals surface area (Å²) in [5.41, 5.74) is 0. The number of hydrogen-bond acceptors (Lipinski definition) is 6. The monoisotopic (exact) mass is 367 g/mol. The molecule has 7 nitrogen and oxygen atoms in total. The molecule has 0 fully saturated rings. The zero-order valence-corrected chi connectivity index (χ0v) is 15.9. The number of benzene rings is 1. The number of esters is 1. The molecule has 1 aromatic rings. The van der Waals surface area contributed by atoms with Gasteiger partial charge in [0.05, 0.1) is 33.4 Å². The van der Waals surface area contributed by atoms with Crippen molar-refractivity contribution in [1.29, 1.82) is 0 Å². The number of amides is 1. The molecule has 0 aromatic heterocycles. The molecule has 26 heavy (non-hydrogen) atoms. The molecule has 0 aliphatic heterocycles. The molecule has 1 aromatic carbocycles. The van der Waals surface area contributed by atoms with Gasteiger partial charge < -0.3 is 23.8 Å². The SMILES string of the molecule is CCOC(=O)CCN(CCOC)C(=O)CCCOc1ccc(OC)cc1. The second kappa shape index (κ2) is 13.0. The third-order valence-electron chi connectivity index (χ3n) is 3.67. The summed E-state index contributed by atoms with van der Waals surface area (Å²) in [5.74, 6) is 1.18. The van der Waals surface area contributed by atoms with Gasteiger partial charge in [0.2, 0.25) is 5.91 Å². The molecule has 1 rings (SSSR count). The predicted octanol–water partition coefficient (Wildman–Crippen LogP) is 2.28. The maximum absolute atomic E-state index is 12.4. The molecule has 0 aliphatic carbocycles. The largest absolute Gasteiger partial charge is 0.497 e. The molecule has 1 amide bonds. The molecule has 0 unspecified atom stereocenters. The van der Waals surface area contributed by atoms with E-state index in [9.17, 15) is 9.59 Å². The molecule has 0 saturated carbocycles. The molecule has 7 heteroatoms. The van der Waals surface area contributed by atoms with Gasteiger partial charge in [0, 0.05) is 26.6 Å². The van der Waals surface area contributed by atoms with Gasteiger partial charge in [-0.25, -0.2) is 0 Å². The first kappa shape index (κ1) is 21.8. The Morgan fingerprint density at radius 2 is 1.65 bits per heavy atom. The molecule has 0 heterocycles. The summed E-state index contributed by atoms with van der Waals surface area (Å²) in [6.07, 6.45) is 1.13. The van der Waals surface area contributed by atoms with Crippen molar-refractivity contribution in [2.45, 2.75) is 26.2 Å². The fraction of sp³-hybridized carbons (Fsp3) is 0.579. The molecule has 0 atom stereocenters. The van der Waals surface area contributed by atoms with Crippen LogP contribution in [0, 0.1) is 0 Å². The lowest BCUT2D eigenvalue weighted by Crippen LogP contribution is -2.36. The lowest BCUT2D eigenvalue weighted by Gasteiger charge is -2.22. The van der Waals surface area contributed by atoms with Crippen LogP contribution in [0.5, 0.6) is 11.5 Å². The molecule has 0 aliphatic rings. The van der Waals surface area contributed by atoms with E-state index in [1.165, 1.54) is 0 Å². The first-order valence-corrected chi connectivity index (χ1v) is 8.79. The van der Waals surface area contributed by atoms with Crippen LogP contribution in [0.4, 0.5) is 0 Å². The Morgan fingerprint density at radius 1 is 0.962 bits per heavy atom. The second-order valence-corrected chi connectivity index (χ2v) is 5.56. The zero-order chi connectivity index (χ0) is 19.2. The normalized spacial score (nSPS) is 10.3. The highest BCUT2D eigenvalue weighted by atomic mass is 16.5. The first-order valence-electron chi connectivity index (χ1n) is 8.79. The summed E-state index contributed by atoms with van der Waals surface area (Å²) >= 11 is 0. The van der Waals surface area contributed by atoms with Crippen molar-refractivity contribution < 1.29 is 28.5 Å². The second-order valence-electron chi connectivity index (χ2n) is 5.56. The molecule has 0 N–H and O–H groups in total. The van der Waals surface area contributed by atoms with Gasteiger partial charge in [-0.15, -0.1) is 0 Å². The van der Waals surface area contributed by atoms with Crippen LogP contribution < -0.4 is 9.47 Å². The number of nitrogens with zero attached hydrogens (tertiary/aromatic N) is 1. The van der Waals surface area contributed by atoms with Crippen LogP contribution in [0.15, 0.2) is 24.3 Å². The third-order valence-corrected chi connectivity index (χ3v) is 3.67. The smallest absolute Gasteiger partial charge is 0.307 e. The summed E-state index contributed by atoms with van der Waals surface area (Å²) in [6.45, 7) is 3.75. The highest BCUT2D eigenvalue weighted by Crippen LogP contribution is 2.17. The van der Waals surface area contributed by atoms with E-state index in [-0.39, 0.29) is 18.3 Å².